The number of halogens is 1. The van der Waals surface area contributed by atoms with Gasteiger partial charge in [-0.15, -0.1) is 0 Å². The van der Waals surface area contributed by atoms with Gasteiger partial charge in [-0.3, -0.25) is 10.7 Å². The molecule has 3 N–H and O–H groups in total. The Morgan fingerprint density at radius 1 is 1.57 bits per heavy atom. The average molecular weight is 306 g/mol. The van der Waals surface area contributed by atoms with E-state index in [2.05, 4.69) is 43.7 Å². The van der Waals surface area contributed by atoms with Crippen molar-refractivity contribution in [3.8, 4) is 0 Å². The predicted molar refractivity (Wildman–Crippen MR) is 63.0 cm³/mol. The van der Waals surface area contributed by atoms with Gasteiger partial charge in [-0.2, -0.15) is 0 Å². The lowest BCUT2D eigenvalue weighted by Crippen LogP contribution is -2.43. The minimum Gasteiger partial charge on any atom is -0.291 e. The minimum absolute atomic E-state index is 0.169. The molecular weight excluding hydrogens is 295 g/mol. The van der Waals surface area contributed by atoms with Gasteiger partial charge in [-0.25, -0.2) is 15.2 Å². The second-order valence-corrected chi connectivity index (χ2v) is 4.42. The molecule has 0 aliphatic carbocycles. The summed E-state index contributed by atoms with van der Waals surface area (Å²) in [6.45, 7) is 1.92. The lowest BCUT2D eigenvalue weighted by molar-refractivity contribution is 0.248. The van der Waals surface area contributed by atoms with Crippen molar-refractivity contribution in [2.24, 2.45) is 0 Å². The maximum absolute atomic E-state index is 11.2. The van der Waals surface area contributed by atoms with E-state index in [1.807, 2.05) is 6.92 Å². The summed E-state index contributed by atoms with van der Waals surface area (Å²) in [5, 5.41) is 2.57. The van der Waals surface area contributed by atoms with E-state index in [4.69, 9.17) is 0 Å². The average Bonchev–Trinajstić information content (AvgIpc) is 2.16. The van der Waals surface area contributed by atoms with Gasteiger partial charge in [0.25, 0.3) is 0 Å². The van der Waals surface area contributed by atoms with E-state index >= 15 is 0 Å². The van der Waals surface area contributed by atoms with Crippen molar-refractivity contribution in [1.82, 2.24) is 15.8 Å². The third kappa shape index (κ3) is 4.38. The van der Waals surface area contributed by atoms with E-state index < -0.39 is 0 Å². The van der Waals surface area contributed by atoms with Crippen LogP contribution in [0.4, 0.5) is 10.6 Å². The number of hydrogen-bond donors (Lipinski definition) is 3. The standard InChI is InChI=1S/C8H11IN4O/c1-6(9)12-13-8(14)11-7-4-2-3-5-10-7/h2-6,12H,1H3,(H2,10,11,13,14). The van der Waals surface area contributed by atoms with E-state index in [1.165, 1.54) is 0 Å². The first-order chi connectivity index (χ1) is 6.68. The number of amides is 2. The maximum atomic E-state index is 11.2. The van der Waals surface area contributed by atoms with Crippen LogP contribution in [0.5, 0.6) is 0 Å². The second kappa shape index (κ2) is 5.76. The van der Waals surface area contributed by atoms with Crippen LogP contribution in [-0.2, 0) is 0 Å². The molecule has 0 radical (unpaired) electrons. The van der Waals surface area contributed by atoms with E-state index in [0.29, 0.717) is 5.82 Å². The van der Waals surface area contributed by atoms with Crippen LogP contribution in [0.15, 0.2) is 24.4 Å². The minimum atomic E-state index is -0.327. The number of nitrogens with one attached hydrogen (secondary N) is 3. The number of urea groups is 1. The maximum Gasteiger partial charge on any atom is 0.334 e. The Labute approximate surface area is 95.8 Å². The van der Waals surface area contributed by atoms with E-state index in [1.54, 1.807) is 24.4 Å². The van der Waals surface area contributed by atoms with Crippen molar-refractivity contribution < 1.29 is 4.79 Å². The van der Waals surface area contributed by atoms with E-state index in [0.717, 1.165) is 0 Å². The van der Waals surface area contributed by atoms with Crippen LogP contribution in [0, 0.1) is 0 Å². The molecule has 1 rings (SSSR count). The normalized spacial score (nSPS) is 11.9. The van der Waals surface area contributed by atoms with Gasteiger partial charge in [0.05, 0.1) is 4.05 Å². The lowest BCUT2D eigenvalue weighted by Gasteiger charge is -2.09. The Balaban J connectivity index is 2.35. The number of hydrazine groups is 1. The molecular formula is C8H11IN4O. The number of rotatable bonds is 3. The first-order valence-corrected chi connectivity index (χ1v) is 5.30. The topological polar surface area (TPSA) is 66.0 Å². The predicted octanol–water partition coefficient (Wildman–Crippen LogP) is 1.49. The number of carbonyl (C=O) groups is 1. The Hall–Kier alpha value is -0.890. The summed E-state index contributed by atoms with van der Waals surface area (Å²) in [6.07, 6.45) is 1.62. The largest absolute Gasteiger partial charge is 0.334 e. The molecule has 14 heavy (non-hydrogen) atoms. The van der Waals surface area contributed by atoms with Gasteiger partial charge < -0.3 is 0 Å². The number of anilines is 1. The van der Waals surface area contributed by atoms with Crippen molar-refractivity contribution in [1.29, 1.82) is 0 Å². The first kappa shape index (κ1) is 11.2. The molecule has 0 aliphatic rings. The van der Waals surface area contributed by atoms with Gasteiger partial charge in [0, 0.05) is 6.20 Å². The fraction of sp³-hybridized carbons (Fsp3) is 0.250. The molecule has 1 aromatic rings. The quantitative estimate of drug-likeness (QED) is 0.343. The highest BCUT2D eigenvalue weighted by Crippen LogP contribution is 1.98. The Morgan fingerprint density at radius 3 is 2.93 bits per heavy atom. The zero-order valence-corrected chi connectivity index (χ0v) is 9.78. The molecule has 0 saturated carbocycles. The first-order valence-electron chi connectivity index (χ1n) is 4.06. The second-order valence-electron chi connectivity index (χ2n) is 2.55. The highest BCUT2D eigenvalue weighted by Gasteiger charge is 2.01. The summed E-state index contributed by atoms with van der Waals surface area (Å²) < 4.78 is 0.169. The van der Waals surface area contributed by atoms with Gasteiger partial charge in [-0.05, 0) is 19.1 Å². The molecule has 1 unspecified atom stereocenters. The Morgan fingerprint density at radius 2 is 2.36 bits per heavy atom. The molecule has 0 aliphatic heterocycles. The van der Waals surface area contributed by atoms with Crippen LogP contribution in [0.3, 0.4) is 0 Å². The third-order valence-corrected chi connectivity index (χ3v) is 1.60. The third-order valence-electron chi connectivity index (χ3n) is 1.29. The Kier molecular flexibility index (Phi) is 4.60. The van der Waals surface area contributed by atoms with Gasteiger partial charge in [0.1, 0.15) is 5.82 Å². The van der Waals surface area contributed by atoms with Crippen LogP contribution in [0.1, 0.15) is 6.92 Å². The summed E-state index contributed by atoms with van der Waals surface area (Å²) in [6, 6.07) is 4.98. The molecule has 6 heteroatoms. The number of alkyl halides is 1. The van der Waals surface area contributed by atoms with E-state index in [-0.39, 0.29) is 10.1 Å². The number of nitrogens with zero attached hydrogens (tertiary/aromatic N) is 1. The van der Waals surface area contributed by atoms with Gasteiger partial charge in [-0.1, -0.05) is 28.7 Å². The molecule has 2 amide bonds. The van der Waals surface area contributed by atoms with Crippen molar-refractivity contribution in [3.05, 3.63) is 24.4 Å². The summed E-state index contributed by atoms with van der Waals surface area (Å²) in [4.78, 5) is 15.1. The summed E-state index contributed by atoms with van der Waals surface area (Å²) in [7, 11) is 0. The number of aromatic nitrogens is 1. The van der Waals surface area contributed by atoms with Crippen molar-refractivity contribution in [2.45, 2.75) is 11.0 Å². The fourth-order valence-corrected chi connectivity index (χ4v) is 0.905. The number of hydrogen-bond acceptors (Lipinski definition) is 3. The number of pyridine rings is 1. The highest BCUT2D eigenvalue weighted by molar-refractivity contribution is 14.1. The molecule has 76 valence electrons. The summed E-state index contributed by atoms with van der Waals surface area (Å²) in [5.41, 5.74) is 5.25. The zero-order valence-electron chi connectivity index (χ0n) is 7.62. The smallest absolute Gasteiger partial charge is 0.291 e. The van der Waals surface area contributed by atoms with Crippen LogP contribution in [0.25, 0.3) is 0 Å². The monoisotopic (exact) mass is 306 g/mol. The van der Waals surface area contributed by atoms with Crippen LogP contribution >= 0.6 is 22.6 Å². The van der Waals surface area contributed by atoms with Crippen molar-refractivity contribution in [3.63, 3.8) is 0 Å². The molecule has 0 saturated heterocycles. The number of carbonyl (C=O) groups excluding carboxylic acids is 1. The summed E-state index contributed by atoms with van der Waals surface area (Å²) >= 11 is 2.14. The van der Waals surface area contributed by atoms with Gasteiger partial charge in [0.15, 0.2) is 0 Å². The molecule has 5 nitrogen and oxygen atoms in total. The van der Waals surface area contributed by atoms with Crippen LogP contribution < -0.4 is 16.2 Å². The Bertz CT molecular complexity index is 291. The van der Waals surface area contributed by atoms with Crippen molar-refractivity contribution in [2.75, 3.05) is 5.32 Å². The SMILES string of the molecule is CC(I)NNC(=O)Nc1ccccn1. The van der Waals surface area contributed by atoms with Gasteiger partial charge in [0.2, 0.25) is 0 Å². The van der Waals surface area contributed by atoms with Crippen molar-refractivity contribution >= 4 is 34.4 Å². The molecule has 1 atom stereocenters. The van der Waals surface area contributed by atoms with E-state index in [9.17, 15) is 4.79 Å². The molecule has 1 aromatic heterocycles. The fourth-order valence-electron chi connectivity index (χ4n) is 0.749. The molecule has 0 bridgehead atoms. The molecule has 0 aromatic carbocycles. The highest BCUT2D eigenvalue weighted by atomic mass is 127. The molecule has 0 spiro atoms. The zero-order chi connectivity index (χ0) is 10.4. The summed E-state index contributed by atoms with van der Waals surface area (Å²) in [5.74, 6) is 0.521. The molecule has 0 fully saturated rings. The van der Waals surface area contributed by atoms with Crippen LogP contribution in [0.2, 0.25) is 0 Å². The molecule has 1 heterocycles. The lowest BCUT2D eigenvalue weighted by atomic mass is 10.5. The van der Waals surface area contributed by atoms with Crippen LogP contribution in [-0.4, -0.2) is 15.1 Å². The van der Waals surface area contributed by atoms with Gasteiger partial charge >= 0.3 is 6.03 Å².